The number of nitrogens with one attached hydrogen (secondary N) is 1. The number of halogens is 1. The predicted molar refractivity (Wildman–Crippen MR) is 116 cm³/mol. The molecule has 0 bridgehead atoms. The van der Waals surface area contributed by atoms with E-state index in [1.54, 1.807) is 4.90 Å². The Morgan fingerprint density at radius 1 is 1.13 bits per heavy atom. The van der Waals surface area contributed by atoms with Crippen LogP contribution >= 0.6 is 0 Å². The lowest BCUT2D eigenvalue weighted by Gasteiger charge is -2.30. The summed E-state index contributed by atoms with van der Waals surface area (Å²) in [4.78, 5) is 27.4. The highest BCUT2D eigenvalue weighted by atomic mass is 19.1. The molecule has 1 N–H and O–H groups in total. The van der Waals surface area contributed by atoms with Crippen LogP contribution in [0.1, 0.15) is 44.2 Å². The third-order valence-electron chi connectivity index (χ3n) is 4.83. The molecule has 1 atom stereocenters. The molecule has 0 aliphatic rings. The number of aryl methyl sites for hydroxylation is 1. The Labute approximate surface area is 178 Å². The fourth-order valence-electron chi connectivity index (χ4n) is 3.19. The summed E-state index contributed by atoms with van der Waals surface area (Å²) in [7, 11) is 0. The summed E-state index contributed by atoms with van der Waals surface area (Å²) < 4.78 is 18.6. The van der Waals surface area contributed by atoms with E-state index in [1.165, 1.54) is 24.3 Å². The number of carbonyl (C=O) groups is 2. The minimum absolute atomic E-state index is 0.159. The number of carbonyl (C=O) groups excluding carboxylic acids is 2. The number of amides is 2. The second-order valence-electron chi connectivity index (χ2n) is 7.32. The van der Waals surface area contributed by atoms with Gasteiger partial charge in [-0.25, -0.2) is 4.39 Å². The maximum absolute atomic E-state index is 13.1. The van der Waals surface area contributed by atoms with Gasteiger partial charge in [0, 0.05) is 13.1 Å². The van der Waals surface area contributed by atoms with Gasteiger partial charge in [0.05, 0.1) is 0 Å². The zero-order valence-corrected chi connectivity index (χ0v) is 18.0. The predicted octanol–water partition coefficient (Wildman–Crippen LogP) is 4.24. The first kappa shape index (κ1) is 23.4. The van der Waals surface area contributed by atoms with Gasteiger partial charge in [0.15, 0.2) is 6.61 Å². The largest absolute Gasteiger partial charge is 0.484 e. The molecule has 5 nitrogen and oxygen atoms in total. The zero-order chi connectivity index (χ0) is 21.9. The molecule has 0 aliphatic carbocycles. The molecule has 2 aromatic carbocycles. The summed E-state index contributed by atoms with van der Waals surface area (Å²) in [6, 6.07) is 12.8. The van der Waals surface area contributed by atoms with Gasteiger partial charge in [-0.1, -0.05) is 50.1 Å². The highest BCUT2D eigenvalue weighted by Gasteiger charge is 2.28. The van der Waals surface area contributed by atoms with Gasteiger partial charge in [-0.15, -0.1) is 0 Å². The van der Waals surface area contributed by atoms with Crippen molar-refractivity contribution in [2.75, 3.05) is 13.2 Å². The van der Waals surface area contributed by atoms with Crippen LogP contribution in [0, 0.1) is 12.7 Å². The van der Waals surface area contributed by atoms with Crippen LogP contribution < -0.4 is 10.1 Å². The van der Waals surface area contributed by atoms with Gasteiger partial charge < -0.3 is 15.0 Å². The molecule has 30 heavy (non-hydrogen) atoms. The fourth-order valence-corrected chi connectivity index (χ4v) is 3.19. The lowest BCUT2D eigenvalue weighted by atomic mass is 10.1. The number of benzene rings is 2. The smallest absolute Gasteiger partial charge is 0.261 e. The Bertz CT molecular complexity index is 823. The van der Waals surface area contributed by atoms with Crippen LogP contribution in [-0.2, 0) is 16.1 Å². The molecule has 162 valence electrons. The molecule has 6 heteroatoms. The number of nitrogens with zero attached hydrogens (tertiary/aromatic N) is 1. The molecule has 0 aliphatic heterocycles. The van der Waals surface area contributed by atoms with Crippen molar-refractivity contribution in [2.45, 2.75) is 52.6 Å². The van der Waals surface area contributed by atoms with Crippen LogP contribution in [0.25, 0.3) is 0 Å². The first-order chi connectivity index (χ1) is 14.4. The normalized spacial score (nSPS) is 11.6. The van der Waals surface area contributed by atoms with E-state index in [-0.39, 0.29) is 24.2 Å². The average Bonchev–Trinajstić information content (AvgIpc) is 2.73. The molecule has 0 radical (unpaired) electrons. The molecular formula is C24H31FN2O3. The molecule has 2 amide bonds. The van der Waals surface area contributed by atoms with E-state index in [1.807, 2.05) is 38.1 Å². The van der Waals surface area contributed by atoms with Crippen molar-refractivity contribution < 1.29 is 18.7 Å². The molecular weight excluding hydrogens is 383 g/mol. The second-order valence-corrected chi connectivity index (χ2v) is 7.32. The Kier molecular flexibility index (Phi) is 9.32. The minimum atomic E-state index is -0.591. The van der Waals surface area contributed by atoms with E-state index in [0.717, 1.165) is 24.0 Å². The third-order valence-corrected chi connectivity index (χ3v) is 4.83. The van der Waals surface area contributed by atoms with E-state index < -0.39 is 6.04 Å². The number of rotatable bonds is 11. The van der Waals surface area contributed by atoms with Crippen LogP contribution in [0.5, 0.6) is 5.75 Å². The SMILES string of the molecule is CCCCNC(=O)[C@@H](CC)N(Cc1cccc(C)c1)C(=O)COc1ccc(F)cc1. The van der Waals surface area contributed by atoms with Gasteiger partial charge in [-0.3, -0.25) is 9.59 Å². The van der Waals surface area contributed by atoms with Crippen molar-refractivity contribution >= 4 is 11.8 Å². The maximum Gasteiger partial charge on any atom is 0.261 e. The molecule has 0 fully saturated rings. The Morgan fingerprint density at radius 2 is 1.87 bits per heavy atom. The molecule has 0 spiro atoms. The number of ether oxygens (including phenoxy) is 1. The van der Waals surface area contributed by atoms with Crippen molar-refractivity contribution in [3.63, 3.8) is 0 Å². The van der Waals surface area contributed by atoms with E-state index >= 15 is 0 Å². The van der Waals surface area contributed by atoms with Gasteiger partial charge in [0.2, 0.25) is 5.91 Å². The van der Waals surface area contributed by atoms with E-state index in [0.29, 0.717) is 25.3 Å². The summed E-state index contributed by atoms with van der Waals surface area (Å²) in [6.45, 7) is 6.61. The molecule has 0 saturated heterocycles. The van der Waals surface area contributed by atoms with Gasteiger partial charge in [0.25, 0.3) is 5.91 Å². The topological polar surface area (TPSA) is 58.6 Å². The number of hydrogen-bond acceptors (Lipinski definition) is 3. The van der Waals surface area contributed by atoms with Gasteiger partial charge in [0.1, 0.15) is 17.6 Å². The number of hydrogen-bond donors (Lipinski definition) is 1. The minimum Gasteiger partial charge on any atom is -0.484 e. The molecule has 0 aromatic heterocycles. The van der Waals surface area contributed by atoms with Crippen molar-refractivity contribution in [1.82, 2.24) is 10.2 Å². The summed E-state index contributed by atoms with van der Waals surface area (Å²) in [6.07, 6.45) is 2.36. The van der Waals surface area contributed by atoms with Crippen LogP contribution in [0.4, 0.5) is 4.39 Å². The van der Waals surface area contributed by atoms with Gasteiger partial charge in [-0.05, 0) is 49.6 Å². The quantitative estimate of drug-likeness (QED) is 0.560. The van der Waals surface area contributed by atoms with Crippen LogP contribution in [0.15, 0.2) is 48.5 Å². The average molecular weight is 415 g/mol. The van der Waals surface area contributed by atoms with Gasteiger partial charge in [-0.2, -0.15) is 0 Å². The summed E-state index contributed by atoms with van der Waals surface area (Å²) in [5.41, 5.74) is 2.04. The second kappa shape index (κ2) is 12.0. The van der Waals surface area contributed by atoms with Crippen molar-refractivity contribution in [3.8, 4) is 5.75 Å². The molecule has 0 unspecified atom stereocenters. The maximum atomic E-state index is 13.1. The lowest BCUT2D eigenvalue weighted by Crippen LogP contribution is -2.50. The first-order valence-corrected chi connectivity index (χ1v) is 10.5. The summed E-state index contributed by atoms with van der Waals surface area (Å²) in [5, 5.41) is 2.93. The van der Waals surface area contributed by atoms with Crippen LogP contribution in [-0.4, -0.2) is 35.9 Å². The molecule has 2 rings (SSSR count). The van der Waals surface area contributed by atoms with Gasteiger partial charge >= 0.3 is 0 Å². The first-order valence-electron chi connectivity index (χ1n) is 10.5. The Balaban J connectivity index is 2.16. The highest BCUT2D eigenvalue weighted by molar-refractivity contribution is 5.88. The molecule has 0 saturated carbocycles. The van der Waals surface area contributed by atoms with E-state index in [4.69, 9.17) is 4.74 Å². The lowest BCUT2D eigenvalue weighted by molar-refractivity contribution is -0.143. The third kappa shape index (κ3) is 7.17. The Hall–Kier alpha value is -2.89. The highest BCUT2D eigenvalue weighted by Crippen LogP contribution is 2.16. The van der Waals surface area contributed by atoms with Crippen molar-refractivity contribution in [3.05, 3.63) is 65.5 Å². The van der Waals surface area contributed by atoms with Crippen molar-refractivity contribution in [2.24, 2.45) is 0 Å². The van der Waals surface area contributed by atoms with Crippen LogP contribution in [0.2, 0.25) is 0 Å². The van der Waals surface area contributed by atoms with E-state index in [2.05, 4.69) is 12.2 Å². The monoisotopic (exact) mass is 414 g/mol. The van der Waals surface area contributed by atoms with Crippen molar-refractivity contribution in [1.29, 1.82) is 0 Å². The van der Waals surface area contributed by atoms with E-state index in [9.17, 15) is 14.0 Å². The molecule has 2 aromatic rings. The molecule has 0 heterocycles. The zero-order valence-electron chi connectivity index (χ0n) is 18.0. The standard InChI is InChI=1S/C24H31FN2O3/c1-4-6-14-26-24(29)22(5-2)27(16-19-9-7-8-18(3)15-19)23(28)17-30-21-12-10-20(25)11-13-21/h7-13,15,22H,4-6,14,16-17H2,1-3H3,(H,26,29)/t22-/m1/s1. The summed E-state index contributed by atoms with van der Waals surface area (Å²) in [5.74, 6) is -0.419. The fraction of sp³-hybridized carbons (Fsp3) is 0.417. The van der Waals surface area contributed by atoms with Crippen LogP contribution in [0.3, 0.4) is 0 Å². The summed E-state index contributed by atoms with van der Waals surface area (Å²) >= 11 is 0. The Morgan fingerprint density at radius 3 is 2.50 bits per heavy atom. The number of unbranched alkanes of at least 4 members (excludes halogenated alkanes) is 1.